The standard InChI is InChI=1S/C15H21N3O3/c1-10-4-5-13(8-14(10)16-12(3)19)17-15(20)18-6-7-21-11(2)9-18/h4-5,8,11H,6-7,9H2,1-3H3,(H,16,19)(H,17,20). The summed E-state index contributed by atoms with van der Waals surface area (Å²) in [6.45, 7) is 7.02. The van der Waals surface area contributed by atoms with Gasteiger partial charge in [-0.1, -0.05) is 6.07 Å². The van der Waals surface area contributed by atoms with Crippen molar-refractivity contribution in [3.63, 3.8) is 0 Å². The largest absolute Gasteiger partial charge is 0.375 e. The van der Waals surface area contributed by atoms with Gasteiger partial charge in [0, 0.05) is 31.4 Å². The van der Waals surface area contributed by atoms with Crippen LogP contribution in [0.4, 0.5) is 16.2 Å². The Morgan fingerprint density at radius 2 is 2.10 bits per heavy atom. The summed E-state index contributed by atoms with van der Waals surface area (Å²) in [5.74, 6) is -0.136. The quantitative estimate of drug-likeness (QED) is 0.877. The van der Waals surface area contributed by atoms with Crippen LogP contribution in [0.5, 0.6) is 0 Å². The number of ether oxygens (including phenoxy) is 1. The van der Waals surface area contributed by atoms with Gasteiger partial charge in [-0.05, 0) is 31.5 Å². The van der Waals surface area contributed by atoms with Gasteiger partial charge < -0.3 is 20.3 Å². The summed E-state index contributed by atoms with van der Waals surface area (Å²) in [6, 6.07) is 5.30. The van der Waals surface area contributed by atoms with E-state index >= 15 is 0 Å². The van der Waals surface area contributed by atoms with Gasteiger partial charge in [-0.25, -0.2) is 4.79 Å². The lowest BCUT2D eigenvalue weighted by atomic mass is 10.2. The van der Waals surface area contributed by atoms with Crippen molar-refractivity contribution in [2.75, 3.05) is 30.3 Å². The molecule has 1 atom stereocenters. The number of carbonyl (C=O) groups is 2. The molecule has 2 N–H and O–H groups in total. The topological polar surface area (TPSA) is 70.7 Å². The molecule has 1 saturated heterocycles. The van der Waals surface area contributed by atoms with Crippen LogP contribution < -0.4 is 10.6 Å². The van der Waals surface area contributed by atoms with Gasteiger partial charge in [-0.3, -0.25) is 4.79 Å². The number of benzene rings is 1. The fourth-order valence-electron chi connectivity index (χ4n) is 2.23. The molecular formula is C15H21N3O3. The Kier molecular flexibility index (Phi) is 4.80. The van der Waals surface area contributed by atoms with E-state index in [-0.39, 0.29) is 18.0 Å². The monoisotopic (exact) mass is 291 g/mol. The first-order chi connectivity index (χ1) is 9.95. The molecule has 3 amide bonds. The van der Waals surface area contributed by atoms with E-state index in [0.717, 1.165) is 5.56 Å². The number of hydrogen-bond donors (Lipinski definition) is 2. The number of rotatable bonds is 2. The van der Waals surface area contributed by atoms with Gasteiger partial charge in [-0.2, -0.15) is 0 Å². The van der Waals surface area contributed by atoms with Crippen LogP contribution in [0.15, 0.2) is 18.2 Å². The Morgan fingerprint density at radius 3 is 2.76 bits per heavy atom. The van der Waals surface area contributed by atoms with Crippen LogP contribution >= 0.6 is 0 Å². The van der Waals surface area contributed by atoms with Gasteiger partial charge in [0.25, 0.3) is 0 Å². The zero-order valence-electron chi connectivity index (χ0n) is 12.6. The highest BCUT2D eigenvalue weighted by Gasteiger charge is 2.21. The molecule has 0 bridgehead atoms. The van der Waals surface area contributed by atoms with Gasteiger partial charge in [0.05, 0.1) is 12.7 Å². The third kappa shape index (κ3) is 4.19. The highest BCUT2D eigenvalue weighted by atomic mass is 16.5. The number of morpholine rings is 1. The van der Waals surface area contributed by atoms with Crippen LogP contribution in [-0.4, -0.2) is 42.6 Å². The Hall–Kier alpha value is -2.08. The van der Waals surface area contributed by atoms with E-state index in [2.05, 4.69) is 10.6 Å². The molecular weight excluding hydrogens is 270 g/mol. The van der Waals surface area contributed by atoms with Gasteiger partial charge in [0.15, 0.2) is 0 Å². The SMILES string of the molecule is CC(=O)Nc1cc(NC(=O)N2CCOC(C)C2)ccc1C. The average molecular weight is 291 g/mol. The lowest BCUT2D eigenvalue weighted by Gasteiger charge is -2.31. The fraction of sp³-hybridized carbons (Fsp3) is 0.467. The van der Waals surface area contributed by atoms with Crippen LogP contribution in [0.3, 0.4) is 0 Å². The maximum absolute atomic E-state index is 12.2. The summed E-state index contributed by atoms with van der Waals surface area (Å²) in [7, 11) is 0. The molecule has 1 fully saturated rings. The predicted molar refractivity (Wildman–Crippen MR) is 81.5 cm³/mol. The zero-order valence-corrected chi connectivity index (χ0v) is 12.6. The van der Waals surface area contributed by atoms with Gasteiger partial charge in [0.1, 0.15) is 0 Å². The number of nitrogens with one attached hydrogen (secondary N) is 2. The number of urea groups is 1. The minimum Gasteiger partial charge on any atom is -0.375 e. The minimum atomic E-state index is -0.150. The summed E-state index contributed by atoms with van der Waals surface area (Å²) in [6.07, 6.45) is 0.0532. The lowest BCUT2D eigenvalue weighted by molar-refractivity contribution is -0.114. The van der Waals surface area contributed by atoms with Crippen LogP contribution in [0.2, 0.25) is 0 Å². The first-order valence-electron chi connectivity index (χ1n) is 7.01. The number of nitrogens with zero attached hydrogens (tertiary/aromatic N) is 1. The molecule has 2 rings (SSSR count). The van der Waals surface area contributed by atoms with Crippen LogP contribution in [-0.2, 0) is 9.53 Å². The van der Waals surface area contributed by atoms with Crippen molar-refractivity contribution in [1.29, 1.82) is 0 Å². The smallest absolute Gasteiger partial charge is 0.322 e. The van der Waals surface area contributed by atoms with Gasteiger partial charge >= 0.3 is 6.03 Å². The van der Waals surface area contributed by atoms with E-state index in [0.29, 0.717) is 31.1 Å². The van der Waals surface area contributed by atoms with Gasteiger partial charge in [-0.15, -0.1) is 0 Å². The first-order valence-corrected chi connectivity index (χ1v) is 7.01. The van der Waals surface area contributed by atoms with Crippen molar-refractivity contribution in [1.82, 2.24) is 4.90 Å². The Morgan fingerprint density at radius 1 is 1.33 bits per heavy atom. The summed E-state index contributed by atoms with van der Waals surface area (Å²) < 4.78 is 5.42. The van der Waals surface area contributed by atoms with Crippen molar-refractivity contribution in [3.8, 4) is 0 Å². The molecule has 114 valence electrons. The summed E-state index contributed by atoms with van der Waals surface area (Å²) >= 11 is 0. The van der Waals surface area contributed by atoms with E-state index < -0.39 is 0 Å². The van der Waals surface area contributed by atoms with E-state index in [4.69, 9.17) is 4.74 Å². The molecule has 1 heterocycles. The third-order valence-corrected chi connectivity index (χ3v) is 3.33. The molecule has 1 aromatic carbocycles. The molecule has 21 heavy (non-hydrogen) atoms. The molecule has 1 unspecified atom stereocenters. The summed E-state index contributed by atoms with van der Waals surface area (Å²) in [4.78, 5) is 25.1. The average Bonchev–Trinajstić information content (AvgIpc) is 2.42. The van der Waals surface area contributed by atoms with Crippen LogP contribution in [0.25, 0.3) is 0 Å². The van der Waals surface area contributed by atoms with Crippen LogP contribution in [0.1, 0.15) is 19.4 Å². The Labute approximate surface area is 124 Å². The molecule has 0 aromatic heterocycles. The van der Waals surface area contributed by atoms with E-state index in [1.165, 1.54) is 6.92 Å². The molecule has 1 aromatic rings. The lowest BCUT2D eigenvalue weighted by Crippen LogP contribution is -2.46. The van der Waals surface area contributed by atoms with Gasteiger partial charge in [0.2, 0.25) is 5.91 Å². The fourth-order valence-corrected chi connectivity index (χ4v) is 2.23. The maximum atomic E-state index is 12.2. The van der Waals surface area contributed by atoms with E-state index in [9.17, 15) is 9.59 Å². The number of hydrogen-bond acceptors (Lipinski definition) is 3. The number of anilines is 2. The third-order valence-electron chi connectivity index (χ3n) is 3.33. The van der Waals surface area contributed by atoms with Crippen LogP contribution in [0, 0.1) is 6.92 Å². The van der Waals surface area contributed by atoms with E-state index in [1.807, 2.05) is 26.0 Å². The highest BCUT2D eigenvalue weighted by Crippen LogP contribution is 2.21. The second-order valence-corrected chi connectivity index (χ2v) is 5.27. The molecule has 6 nitrogen and oxygen atoms in total. The zero-order chi connectivity index (χ0) is 15.4. The number of aryl methyl sites for hydroxylation is 1. The number of amides is 3. The van der Waals surface area contributed by atoms with Crippen molar-refractivity contribution in [2.45, 2.75) is 26.9 Å². The number of carbonyl (C=O) groups excluding carboxylic acids is 2. The second kappa shape index (κ2) is 6.58. The maximum Gasteiger partial charge on any atom is 0.322 e. The molecule has 0 saturated carbocycles. The molecule has 1 aliphatic rings. The van der Waals surface area contributed by atoms with Crippen molar-refractivity contribution < 1.29 is 14.3 Å². The molecule has 0 aliphatic carbocycles. The van der Waals surface area contributed by atoms with E-state index in [1.54, 1.807) is 11.0 Å². The minimum absolute atomic E-state index is 0.0532. The summed E-state index contributed by atoms with van der Waals surface area (Å²) in [5, 5.41) is 5.60. The first kappa shape index (κ1) is 15.3. The molecule has 0 spiro atoms. The Balaban J connectivity index is 2.05. The predicted octanol–water partition coefficient (Wildman–Crippen LogP) is 2.21. The highest BCUT2D eigenvalue weighted by molar-refractivity contribution is 5.93. The molecule has 1 aliphatic heterocycles. The van der Waals surface area contributed by atoms with Crippen molar-refractivity contribution >= 4 is 23.3 Å². The second-order valence-electron chi connectivity index (χ2n) is 5.27. The van der Waals surface area contributed by atoms with Crippen molar-refractivity contribution in [3.05, 3.63) is 23.8 Å². The van der Waals surface area contributed by atoms with Crippen molar-refractivity contribution in [2.24, 2.45) is 0 Å². The molecule has 0 radical (unpaired) electrons. The normalized spacial score (nSPS) is 18.2. The molecule has 6 heteroatoms. The summed E-state index contributed by atoms with van der Waals surface area (Å²) in [5.41, 5.74) is 2.31. The Bertz CT molecular complexity index is 545.